The summed E-state index contributed by atoms with van der Waals surface area (Å²) in [4.78, 5) is 28.2. The average molecular weight is 347 g/mol. The molecule has 1 aromatic carbocycles. The molecule has 1 aromatic rings. The van der Waals surface area contributed by atoms with Gasteiger partial charge in [0.15, 0.2) is 0 Å². The van der Waals surface area contributed by atoms with E-state index in [9.17, 15) is 14.0 Å². The molecule has 2 amide bonds. The summed E-state index contributed by atoms with van der Waals surface area (Å²) in [6.07, 6.45) is 5.13. The second-order valence-electron chi connectivity index (χ2n) is 6.94. The number of carbonyl (C=O) groups excluding carboxylic acids is 2. The van der Waals surface area contributed by atoms with Gasteiger partial charge in [-0.15, -0.1) is 0 Å². The van der Waals surface area contributed by atoms with Crippen LogP contribution in [-0.2, 0) is 16.0 Å². The molecule has 3 rings (SSSR count). The molecule has 1 N–H and O–H groups in total. The molecule has 2 fully saturated rings. The molecule has 136 valence electrons. The van der Waals surface area contributed by atoms with Gasteiger partial charge in [0.25, 0.3) is 0 Å². The van der Waals surface area contributed by atoms with Gasteiger partial charge in [-0.25, -0.2) is 4.39 Å². The first kappa shape index (κ1) is 17.9. The largest absolute Gasteiger partial charge is 0.346 e. The zero-order valence-electron chi connectivity index (χ0n) is 14.5. The van der Waals surface area contributed by atoms with Crippen LogP contribution in [0.25, 0.3) is 0 Å². The number of benzene rings is 1. The molecule has 0 radical (unpaired) electrons. The van der Waals surface area contributed by atoms with Crippen molar-refractivity contribution in [2.24, 2.45) is 0 Å². The Labute approximate surface area is 148 Å². The predicted molar refractivity (Wildman–Crippen MR) is 93.5 cm³/mol. The first-order valence-electron chi connectivity index (χ1n) is 9.15. The van der Waals surface area contributed by atoms with Gasteiger partial charge in [0.1, 0.15) is 5.82 Å². The van der Waals surface area contributed by atoms with E-state index in [1.807, 2.05) is 4.90 Å². The van der Waals surface area contributed by atoms with Crippen LogP contribution in [0, 0.1) is 5.82 Å². The molecule has 1 aliphatic heterocycles. The third-order valence-corrected chi connectivity index (χ3v) is 4.91. The molecule has 5 nitrogen and oxygen atoms in total. The number of hydrogen-bond acceptors (Lipinski definition) is 3. The molecule has 0 atom stereocenters. The quantitative estimate of drug-likeness (QED) is 0.777. The second kappa shape index (κ2) is 8.43. The molecule has 0 bridgehead atoms. The summed E-state index contributed by atoms with van der Waals surface area (Å²) in [6.45, 7) is 2.79. The van der Waals surface area contributed by atoms with Crippen LogP contribution in [0.1, 0.15) is 31.2 Å². The first-order chi connectivity index (χ1) is 12.1. The fourth-order valence-electron chi connectivity index (χ4n) is 3.25. The van der Waals surface area contributed by atoms with Gasteiger partial charge >= 0.3 is 0 Å². The van der Waals surface area contributed by atoms with Gasteiger partial charge in [-0.2, -0.15) is 0 Å². The highest BCUT2D eigenvalue weighted by Gasteiger charge is 2.30. The summed E-state index contributed by atoms with van der Waals surface area (Å²) in [7, 11) is 0. The molecule has 1 heterocycles. The topological polar surface area (TPSA) is 52.7 Å². The lowest BCUT2D eigenvalue weighted by molar-refractivity contribution is -0.132. The average Bonchev–Trinajstić information content (AvgIpc) is 3.31. The van der Waals surface area contributed by atoms with Crippen molar-refractivity contribution >= 4 is 11.8 Å². The van der Waals surface area contributed by atoms with E-state index in [0.29, 0.717) is 12.6 Å². The SMILES string of the molecule is O=C(CN(CCc1ccc(F)cc1)C1CC1)NCC(=O)N1CCCC1. The molecule has 0 unspecified atom stereocenters. The van der Waals surface area contributed by atoms with E-state index in [1.54, 1.807) is 12.1 Å². The van der Waals surface area contributed by atoms with E-state index in [2.05, 4.69) is 10.2 Å². The Hall–Kier alpha value is -1.95. The van der Waals surface area contributed by atoms with E-state index in [0.717, 1.165) is 57.3 Å². The Morgan fingerprint density at radius 3 is 2.48 bits per heavy atom. The predicted octanol–water partition coefficient (Wildman–Crippen LogP) is 1.57. The molecule has 1 saturated heterocycles. The number of likely N-dealkylation sites (tertiary alicyclic amines) is 1. The lowest BCUT2D eigenvalue weighted by Gasteiger charge is -2.22. The van der Waals surface area contributed by atoms with Crippen molar-refractivity contribution in [1.82, 2.24) is 15.1 Å². The fraction of sp³-hybridized carbons (Fsp3) is 0.579. The molecule has 0 spiro atoms. The highest BCUT2D eigenvalue weighted by molar-refractivity contribution is 5.85. The van der Waals surface area contributed by atoms with Crippen molar-refractivity contribution < 1.29 is 14.0 Å². The van der Waals surface area contributed by atoms with Gasteiger partial charge in [0, 0.05) is 25.7 Å². The second-order valence-corrected chi connectivity index (χ2v) is 6.94. The van der Waals surface area contributed by atoms with Crippen molar-refractivity contribution in [3.8, 4) is 0 Å². The number of nitrogens with zero attached hydrogens (tertiary/aromatic N) is 2. The van der Waals surface area contributed by atoms with Crippen molar-refractivity contribution in [3.05, 3.63) is 35.6 Å². The van der Waals surface area contributed by atoms with Crippen molar-refractivity contribution in [2.75, 3.05) is 32.7 Å². The minimum absolute atomic E-state index is 0.00938. The van der Waals surface area contributed by atoms with Crippen molar-refractivity contribution in [1.29, 1.82) is 0 Å². The van der Waals surface area contributed by atoms with E-state index in [4.69, 9.17) is 0 Å². The van der Waals surface area contributed by atoms with Gasteiger partial charge in [-0.1, -0.05) is 12.1 Å². The molecule has 0 aromatic heterocycles. The Morgan fingerprint density at radius 2 is 1.84 bits per heavy atom. The number of nitrogens with one attached hydrogen (secondary N) is 1. The summed E-state index contributed by atoms with van der Waals surface area (Å²) in [5.41, 5.74) is 1.07. The van der Waals surface area contributed by atoms with E-state index < -0.39 is 0 Å². The molecule has 1 aliphatic carbocycles. The zero-order chi connectivity index (χ0) is 17.6. The fourth-order valence-corrected chi connectivity index (χ4v) is 3.25. The standard InChI is InChI=1S/C19H26FN3O2/c20-16-5-3-15(4-6-16)9-12-23(17-7-8-17)14-18(24)21-13-19(25)22-10-1-2-11-22/h3-6,17H,1-2,7-14H2,(H,21,24). The molecule has 1 saturated carbocycles. The minimum atomic E-state index is -0.232. The van der Waals surface area contributed by atoms with Crippen LogP contribution in [0.5, 0.6) is 0 Å². The number of hydrogen-bond donors (Lipinski definition) is 1. The Kier molecular flexibility index (Phi) is 6.02. The Morgan fingerprint density at radius 1 is 1.16 bits per heavy atom. The van der Waals surface area contributed by atoms with Gasteiger partial charge < -0.3 is 10.2 Å². The van der Waals surface area contributed by atoms with Gasteiger partial charge in [0.05, 0.1) is 13.1 Å². The summed E-state index contributed by atoms with van der Waals surface area (Å²) in [6, 6.07) is 6.96. The first-order valence-corrected chi connectivity index (χ1v) is 9.15. The maximum atomic E-state index is 13.0. The maximum Gasteiger partial charge on any atom is 0.241 e. The van der Waals surface area contributed by atoms with Crippen LogP contribution >= 0.6 is 0 Å². The number of amides is 2. The van der Waals surface area contributed by atoms with Gasteiger partial charge in [-0.05, 0) is 49.8 Å². The van der Waals surface area contributed by atoms with Crippen LogP contribution in [0.15, 0.2) is 24.3 Å². The van der Waals surface area contributed by atoms with Crippen LogP contribution in [0.3, 0.4) is 0 Å². The monoisotopic (exact) mass is 347 g/mol. The third-order valence-electron chi connectivity index (χ3n) is 4.91. The third kappa shape index (κ3) is 5.53. The molecule has 25 heavy (non-hydrogen) atoms. The zero-order valence-corrected chi connectivity index (χ0v) is 14.5. The minimum Gasteiger partial charge on any atom is -0.346 e. The van der Waals surface area contributed by atoms with Gasteiger partial charge in [0.2, 0.25) is 11.8 Å². The van der Waals surface area contributed by atoms with Crippen LogP contribution in [-0.4, -0.2) is 60.4 Å². The van der Waals surface area contributed by atoms with E-state index in [-0.39, 0.29) is 24.2 Å². The van der Waals surface area contributed by atoms with Gasteiger partial charge in [-0.3, -0.25) is 14.5 Å². The van der Waals surface area contributed by atoms with Crippen LogP contribution < -0.4 is 5.32 Å². The van der Waals surface area contributed by atoms with Crippen LogP contribution in [0.2, 0.25) is 0 Å². The molecular weight excluding hydrogens is 321 g/mol. The van der Waals surface area contributed by atoms with E-state index in [1.165, 1.54) is 12.1 Å². The van der Waals surface area contributed by atoms with E-state index >= 15 is 0 Å². The summed E-state index contributed by atoms with van der Waals surface area (Å²) in [5, 5.41) is 2.76. The number of carbonyl (C=O) groups is 2. The molecule has 2 aliphatic rings. The maximum absolute atomic E-state index is 13.0. The molecule has 6 heteroatoms. The highest BCUT2D eigenvalue weighted by atomic mass is 19.1. The van der Waals surface area contributed by atoms with Crippen molar-refractivity contribution in [3.63, 3.8) is 0 Å². The summed E-state index contributed by atoms with van der Waals surface area (Å²) < 4.78 is 13.0. The smallest absolute Gasteiger partial charge is 0.241 e. The van der Waals surface area contributed by atoms with Crippen molar-refractivity contribution in [2.45, 2.75) is 38.1 Å². The number of halogens is 1. The normalized spacial score (nSPS) is 17.1. The Balaban J connectivity index is 1.42. The lowest BCUT2D eigenvalue weighted by atomic mass is 10.1. The Bertz CT molecular complexity index is 595. The number of rotatable bonds is 8. The molecular formula is C19H26FN3O2. The lowest BCUT2D eigenvalue weighted by Crippen LogP contribution is -2.43. The highest BCUT2D eigenvalue weighted by Crippen LogP contribution is 2.26. The summed E-state index contributed by atoms with van der Waals surface area (Å²) in [5.74, 6) is -0.321. The summed E-state index contributed by atoms with van der Waals surface area (Å²) >= 11 is 0. The van der Waals surface area contributed by atoms with Crippen LogP contribution in [0.4, 0.5) is 4.39 Å².